The lowest BCUT2D eigenvalue weighted by atomic mass is 10.2. The van der Waals surface area contributed by atoms with Gasteiger partial charge in [0.25, 0.3) is 0 Å². The Morgan fingerprint density at radius 3 is 3.00 bits per heavy atom. The molecular weight excluding hydrogens is 300 g/mol. The molecule has 1 aliphatic rings. The van der Waals surface area contributed by atoms with Crippen molar-refractivity contribution in [3.8, 4) is 5.75 Å². The van der Waals surface area contributed by atoms with E-state index in [1.807, 2.05) is 30.3 Å². The number of aliphatic hydroxyl groups excluding tert-OH is 1. The second-order valence-electron chi connectivity index (χ2n) is 5.58. The molecule has 0 amide bonds. The quantitative estimate of drug-likeness (QED) is 0.921. The molecule has 1 N–H and O–H groups in total. The van der Waals surface area contributed by atoms with Gasteiger partial charge in [0.05, 0.1) is 6.10 Å². The fourth-order valence-electron chi connectivity index (χ4n) is 2.65. The average molecular weight is 319 g/mol. The number of pyridine rings is 1. The molecule has 0 aliphatic carbocycles. The number of hydrogen-bond donors (Lipinski definition) is 1. The fourth-order valence-corrected chi connectivity index (χ4v) is 2.85. The number of aromatic nitrogens is 1. The van der Waals surface area contributed by atoms with Crippen LogP contribution < -0.4 is 4.74 Å². The summed E-state index contributed by atoms with van der Waals surface area (Å²) in [7, 11) is 0. The highest BCUT2D eigenvalue weighted by atomic mass is 35.5. The van der Waals surface area contributed by atoms with E-state index in [1.54, 1.807) is 12.4 Å². The summed E-state index contributed by atoms with van der Waals surface area (Å²) in [6, 6.07) is 9.56. The third kappa shape index (κ3) is 3.97. The third-order valence-electron chi connectivity index (χ3n) is 3.78. The summed E-state index contributed by atoms with van der Waals surface area (Å²) in [6.07, 6.45) is 4.15. The van der Waals surface area contributed by atoms with Crippen molar-refractivity contribution in [1.82, 2.24) is 9.88 Å². The smallest absolute Gasteiger partial charge is 0.124 e. The molecule has 2 aromatic rings. The molecule has 2 heterocycles. The molecule has 116 valence electrons. The van der Waals surface area contributed by atoms with Gasteiger partial charge in [-0.05, 0) is 30.7 Å². The van der Waals surface area contributed by atoms with Gasteiger partial charge in [-0.15, -0.1) is 0 Å². The predicted octanol–water partition coefficient (Wildman–Crippen LogP) is 2.88. The summed E-state index contributed by atoms with van der Waals surface area (Å²) in [4.78, 5) is 6.30. The van der Waals surface area contributed by atoms with Crippen LogP contribution in [-0.4, -0.2) is 34.2 Å². The van der Waals surface area contributed by atoms with E-state index in [1.165, 1.54) is 0 Å². The normalized spacial score (nSPS) is 18.5. The number of ether oxygens (including phenoxy) is 1. The summed E-state index contributed by atoms with van der Waals surface area (Å²) >= 11 is 6.11. The fraction of sp³-hybridized carbons (Fsp3) is 0.353. The van der Waals surface area contributed by atoms with Gasteiger partial charge < -0.3 is 9.84 Å². The maximum absolute atomic E-state index is 9.65. The first-order chi connectivity index (χ1) is 10.7. The van der Waals surface area contributed by atoms with Crippen molar-refractivity contribution < 1.29 is 9.84 Å². The van der Waals surface area contributed by atoms with Crippen LogP contribution in [-0.2, 0) is 13.2 Å². The lowest BCUT2D eigenvalue weighted by Crippen LogP contribution is -2.21. The molecule has 1 saturated heterocycles. The highest BCUT2D eigenvalue weighted by Crippen LogP contribution is 2.26. The van der Waals surface area contributed by atoms with Gasteiger partial charge in [0.1, 0.15) is 12.4 Å². The molecule has 0 unspecified atom stereocenters. The highest BCUT2D eigenvalue weighted by molar-refractivity contribution is 6.30. The summed E-state index contributed by atoms with van der Waals surface area (Å²) in [6.45, 7) is 2.81. The maximum atomic E-state index is 9.65. The Balaban J connectivity index is 1.70. The Hall–Kier alpha value is -1.62. The van der Waals surface area contributed by atoms with E-state index in [0.717, 1.165) is 36.4 Å². The summed E-state index contributed by atoms with van der Waals surface area (Å²) in [5, 5.41) is 10.3. The summed E-state index contributed by atoms with van der Waals surface area (Å²) < 4.78 is 5.93. The first kappa shape index (κ1) is 15.3. The zero-order chi connectivity index (χ0) is 15.4. The number of rotatable bonds is 5. The van der Waals surface area contributed by atoms with Crippen molar-refractivity contribution in [1.29, 1.82) is 0 Å². The van der Waals surface area contributed by atoms with Gasteiger partial charge in [-0.3, -0.25) is 9.88 Å². The molecule has 0 spiro atoms. The van der Waals surface area contributed by atoms with Crippen LogP contribution in [0.3, 0.4) is 0 Å². The minimum Gasteiger partial charge on any atom is -0.489 e. The van der Waals surface area contributed by atoms with Crippen molar-refractivity contribution in [2.45, 2.75) is 25.7 Å². The highest BCUT2D eigenvalue weighted by Gasteiger charge is 2.21. The Morgan fingerprint density at radius 1 is 1.36 bits per heavy atom. The van der Waals surface area contributed by atoms with Gasteiger partial charge in [0.15, 0.2) is 0 Å². The minimum atomic E-state index is -0.223. The van der Waals surface area contributed by atoms with Crippen LogP contribution in [0.2, 0.25) is 5.02 Å². The first-order valence-corrected chi connectivity index (χ1v) is 7.79. The van der Waals surface area contributed by atoms with Gasteiger partial charge >= 0.3 is 0 Å². The molecule has 22 heavy (non-hydrogen) atoms. The third-order valence-corrected chi connectivity index (χ3v) is 4.02. The number of aliphatic hydroxyl groups is 1. The van der Waals surface area contributed by atoms with E-state index in [9.17, 15) is 5.11 Å². The van der Waals surface area contributed by atoms with Crippen LogP contribution in [0.4, 0.5) is 0 Å². The predicted molar refractivity (Wildman–Crippen MR) is 85.9 cm³/mol. The van der Waals surface area contributed by atoms with Gasteiger partial charge in [-0.2, -0.15) is 0 Å². The van der Waals surface area contributed by atoms with Crippen molar-refractivity contribution in [2.75, 3.05) is 13.1 Å². The Morgan fingerprint density at radius 2 is 2.27 bits per heavy atom. The topological polar surface area (TPSA) is 45.6 Å². The molecule has 1 aromatic carbocycles. The van der Waals surface area contributed by atoms with Crippen molar-refractivity contribution in [3.05, 3.63) is 58.9 Å². The largest absolute Gasteiger partial charge is 0.489 e. The van der Waals surface area contributed by atoms with Crippen LogP contribution in [0.1, 0.15) is 17.5 Å². The van der Waals surface area contributed by atoms with Crippen LogP contribution in [0.5, 0.6) is 5.75 Å². The van der Waals surface area contributed by atoms with Gasteiger partial charge in [0, 0.05) is 48.2 Å². The van der Waals surface area contributed by atoms with Gasteiger partial charge in [0.2, 0.25) is 0 Å². The molecule has 0 saturated carbocycles. The van der Waals surface area contributed by atoms with Crippen molar-refractivity contribution >= 4 is 11.6 Å². The zero-order valence-electron chi connectivity index (χ0n) is 12.3. The SMILES string of the molecule is O[C@H]1CCN(Cc2cc(Cl)ccc2OCc2cccnc2)C1. The van der Waals surface area contributed by atoms with E-state index in [-0.39, 0.29) is 6.10 Å². The van der Waals surface area contributed by atoms with Crippen molar-refractivity contribution in [3.63, 3.8) is 0 Å². The van der Waals surface area contributed by atoms with Crippen LogP contribution in [0, 0.1) is 0 Å². The van der Waals surface area contributed by atoms with Crippen LogP contribution in [0.15, 0.2) is 42.7 Å². The number of benzene rings is 1. The molecule has 1 aromatic heterocycles. The number of nitrogens with zero attached hydrogens (tertiary/aromatic N) is 2. The van der Waals surface area contributed by atoms with E-state index in [2.05, 4.69) is 9.88 Å². The summed E-state index contributed by atoms with van der Waals surface area (Å²) in [5.74, 6) is 0.828. The molecule has 0 radical (unpaired) electrons. The lowest BCUT2D eigenvalue weighted by Gasteiger charge is -2.18. The molecule has 1 atom stereocenters. The van der Waals surface area contributed by atoms with Crippen LogP contribution in [0.25, 0.3) is 0 Å². The Bertz CT molecular complexity index is 621. The molecule has 3 rings (SSSR count). The molecule has 1 aliphatic heterocycles. The second-order valence-corrected chi connectivity index (χ2v) is 6.02. The van der Waals surface area contributed by atoms with E-state index < -0.39 is 0 Å². The molecule has 5 heteroatoms. The second kappa shape index (κ2) is 7.09. The Kier molecular flexibility index (Phi) is 4.93. The monoisotopic (exact) mass is 318 g/mol. The molecule has 1 fully saturated rings. The lowest BCUT2D eigenvalue weighted by molar-refractivity contribution is 0.174. The van der Waals surface area contributed by atoms with Crippen LogP contribution >= 0.6 is 11.6 Å². The van der Waals surface area contributed by atoms with E-state index >= 15 is 0 Å². The van der Waals surface area contributed by atoms with Crippen molar-refractivity contribution in [2.24, 2.45) is 0 Å². The van der Waals surface area contributed by atoms with E-state index in [0.29, 0.717) is 18.2 Å². The number of β-amino-alcohol motifs (C(OH)–C–C–N with tert-alkyl or cyclic N) is 1. The zero-order valence-corrected chi connectivity index (χ0v) is 13.0. The summed E-state index contributed by atoms with van der Waals surface area (Å²) in [5.41, 5.74) is 2.07. The number of halogens is 1. The average Bonchev–Trinajstić information content (AvgIpc) is 2.93. The maximum Gasteiger partial charge on any atom is 0.124 e. The number of likely N-dealkylation sites (tertiary alicyclic amines) is 1. The number of hydrogen-bond acceptors (Lipinski definition) is 4. The van der Waals surface area contributed by atoms with E-state index in [4.69, 9.17) is 16.3 Å². The molecular formula is C17H19ClN2O2. The Labute approximate surface area is 135 Å². The molecule has 0 bridgehead atoms. The first-order valence-electron chi connectivity index (χ1n) is 7.41. The molecule has 4 nitrogen and oxygen atoms in total. The standard InChI is InChI=1S/C17H19ClN2O2/c18-15-3-4-17(22-12-13-2-1-6-19-9-13)14(8-15)10-20-7-5-16(21)11-20/h1-4,6,8-9,16,21H,5,7,10-12H2/t16-/m0/s1. The minimum absolute atomic E-state index is 0.223. The van der Waals surface area contributed by atoms with Gasteiger partial charge in [-0.1, -0.05) is 17.7 Å². The van der Waals surface area contributed by atoms with Gasteiger partial charge in [-0.25, -0.2) is 0 Å².